The maximum absolute atomic E-state index is 11.5. The van der Waals surface area contributed by atoms with Gasteiger partial charge in [-0.1, -0.05) is 12.1 Å². The molecule has 2 nitrogen and oxygen atoms in total. The van der Waals surface area contributed by atoms with E-state index in [2.05, 4.69) is 21.2 Å². The van der Waals surface area contributed by atoms with Gasteiger partial charge in [-0.05, 0) is 22.0 Å². The van der Waals surface area contributed by atoms with E-state index >= 15 is 0 Å². The second-order valence-electron chi connectivity index (χ2n) is 2.85. The fourth-order valence-corrected chi connectivity index (χ4v) is 2.93. The van der Waals surface area contributed by atoms with Gasteiger partial charge in [-0.2, -0.15) is 0 Å². The first-order valence-electron chi connectivity index (χ1n) is 4.12. The van der Waals surface area contributed by atoms with E-state index < -0.39 is 0 Å². The molecule has 0 radical (unpaired) electrons. The van der Waals surface area contributed by atoms with E-state index in [9.17, 15) is 4.79 Å². The average molecular weight is 270 g/mol. The summed E-state index contributed by atoms with van der Waals surface area (Å²) < 4.78 is 2.15. The third-order valence-electron chi connectivity index (χ3n) is 2.02. The molecule has 0 saturated heterocycles. The van der Waals surface area contributed by atoms with Gasteiger partial charge in [0.15, 0.2) is 0 Å². The van der Waals surface area contributed by atoms with Crippen LogP contribution >= 0.6 is 27.3 Å². The van der Waals surface area contributed by atoms with Gasteiger partial charge in [0.1, 0.15) is 0 Å². The van der Waals surface area contributed by atoms with E-state index in [1.807, 2.05) is 23.6 Å². The summed E-state index contributed by atoms with van der Waals surface area (Å²) >= 11 is 5.04. The molecule has 0 aliphatic carbocycles. The van der Waals surface area contributed by atoms with Gasteiger partial charge in [-0.3, -0.25) is 4.79 Å². The summed E-state index contributed by atoms with van der Waals surface area (Å²) in [6.45, 7) is 0. The van der Waals surface area contributed by atoms with E-state index in [1.54, 1.807) is 18.4 Å². The van der Waals surface area contributed by atoms with Crippen LogP contribution in [-0.2, 0) is 0 Å². The Morgan fingerprint density at radius 1 is 1.50 bits per heavy atom. The summed E-state index contributed by atoms with van der Waals surface area (Å²) in [4.78, 5) is 11.5. The van der Waals surface area contributed by atoms with Crippen LogP contribution < -0.4 is 5.32 Å². The first kappa shape index (κ1) is 9.68. The van der Waals surface area contributed by atoms with Crippen LogP contribution in [0.1, 0.15) is 10.4 Å². The van der Waals surface area contributed by atoms with E-state index in [0.717, 1.165) is 20.1 Å². The lowest BCUT2D eigenvalue weighted by Gasteiger charge is -1.97. The van der Waals surface area contributed by atoms with Crippen molar-refractivity contribution in [3.05, 3.63) is 33.6 Å². The van der Waals surface area contributed by atoms with E-state index in [0.29, 0.717) is 0 Å². The zero-order chi connectivity index (χ0) is 10.1. The minimum absolute atomic E-state index is 0.0330. The molecule has 72 valence electrons. The van der Waals surface area contributed by atoms with E-state index in [1.165, 1.54) is 0 Å². The quantitative estimate of drug-likeness (QED) is 0.847. The average Bonchev–Trinajstić information content (AvgIpc) is 2.62. The normalized spacial score (nSPS) is 10.4. The lowest BCUT2D eigenvalue weighted by atomic mass is 10.2. The van der Waals surface area contributed by atoms with Gasteiger partial charge in [0, 0.05) is 27.0 Å². The molecular formula is C10H8BrNOS. The zero-order valence-corrected chi connectivity index (χ0v) is 9.91. The third-order valence-corrected chi connectivity index (χ3v) is 3.98. The van der Waals surface area contributed by atoms with Gasteiger partial charge in [0.2, 0.25) is 0 Å². The summed E-state index contributed by atoms with van der Waals surface area (Å²) in [6, 6.07) is 5.87. The van der Waals surface area contributed by atoms with Gasteiger partial charge in [-0.25, -0.2) is 0 Å². The van der Waals surface area contributed by atoms with Crippen LogP contribution in [0, 0.1) is 0 Å². The van der Waals surface area contributed by atoms with Gasteiger partial charge < -0.3 is 5.32 Å². The monoisotopic (exact) mass is 269 g/mol. The number of thiophene rings is 1. The second-order valence-corrected chi connectivity index (χ2v) is 4.58. The Bertz CT molecular complexity index is 492. The molecule has 2 rings (SSSR count). The Morgan fingerprint density at radius 2 is 2.29 bits per heavy atom. The highest BCUT2D eigenvalue weighted by molar-refractivity contribution is 9.10. The summed E-state index contributed by atoms with van der Waals surface area (Å²) in [5.74, 6) is -0.0330. The van der Waals surface area contributed by atoms with Crippen molar-refractivity contribution >= 4 is 43.3 Å². The number of fused-ring (bicyclic) bond motifs is 1. The maximum atomic E-state index is 11.5. The summed E-state index contributed by atoms with van der Waals surface area (Å²) in [5.41, 5.74) is 0.744. The molecule has 2 aromatic rings. The summed E-state index contributed by atoms with van der Waals surface area (Å²) in [7, 11) is 1.64. The van der Waals surface area contributed by atoms with Gasteiger partial charge in [0.25, 0.3) is 5.91 Å². The number of nitrogens with one attached hydrogen (secondary N) is 1. The molecule has 1 amide bonds. The SMILES string of the molecule is CNC(=O)c1csc2c(Br)cccc12. The van der Waals surface area contributed by atoms with Crippen LogP contribution in [-0.4, -0.2) is 13.0 Å². The van der Waals surface area contributed by atoms with Crippen LogP contribution in [0.25, 0.3) is 10.1 Å². The molecular weight excluding hydrogens is 262 g/mol. The highest BCUT2D eigenvalue weighted by Gasteiger charge is 2.11. The molecule has 0 aliphatic rings. The fourth-order valence-electron chi connectivity index (χ4n) is 1.33. The van der Waals surface area contributed by atoms with Crippen molar-refractivity contribution in [1.29, 1.82) is 0 Å². The molecule has 0 aliphatic heterocycles. The lowest BCUT2D eigenvalue weighted by Crippen LogP contribution is -2.17. The molecule has 1 heterocycles. The molecule has 0 unspecified atom stereocenters. The second kappa shape index (κ2) is 3.71. The Kier molecular flexibility index (Phi) is 2.56. The fraction of sp³-hybridized carbons (Fsp3) is 0.100. The number of rotatable bonds is 1. The predicted octanol–water partition coefficient (Wildman–Crippen LogP) is 3.02. The van der Waals surface area contributed by atoms with Crippen molar-refractivity contribution in [1.82, 2.24) is 5.32 Å². The van der Waals surface area contributed by atoms with Gasteiger partial charge in [-0.15, -0.1) is 11.3 Å². The van der Waals surface area contributed by atoms with Crippen LogP contribution in [0.3, 0.4) is 0 Å². The number of hydrogen-bond acceptors (Lipinski definition) is 2. The molecule has 0 atom stereocenters. The minimum Gasteiger partial charge on any atom is -0.355 e. The Morgan fingerprint density at radius 3 is 3.00 bits per heavy atom. The van der Waals surface area contributed by atoms with Crippen LogP contribution in [0.15, 0.2) is 28.1 Å². The van der Waals surface area contributed by atoms with Gasteiger partial charge >= 0.3 is 0 Å². The van der Waals surface area contributed by atoms with Crippen LogP contribution in [0.4, 0.5) is 0 Å². The largest absolute Gasteiger partial charge is 0.355 e. The van der Waals surface area contributed by atoms with Crippen molar-refractivity contribution in [2.75, 3.05) is 7.05 Å². The smallest absolute Gasteiger partial charge is 0.252 e. The van der Waals surface area contributed by atoms with Crippen molar-refractivity contribution in [3.8, 4) is 0 Å². The molecule has 1 aromatic carbocycles. The van der Waals surface area contributed by atoms with Crippen LogP contribution in [0.5, 0.6) is 0 Å². The van der Waals surface area contributed by atoms with Crippen molar-refractivity contribution in [2.24, 2.45) is 0 Å². The number of halogens is 1. The zero-order valence-electron chi connectivity index (χ0n) is 7.50. The first-order chi connectivity index (χ1) is 6.74. The van der Waals surface area contributed by atoms with E-state index in [-0.39, 0.29) is 5.91 Å². The van der Waals surface area contributed by atoms with Gasteiger partial charge in [0.05, 0.1) is 5.56 Å². The maximum Gasteiger partial charge on any atom is 0.252 e. The highest BCUT2D eigenvalue weighted by atomic mass is 79.9. The Hall–Kier alpha value is -0.870. The molecule has 0 saturated carbocycles. The molecule has 0 bridgehead atoms. The highest BCUT2D eigenvalue weighted by Crippen LogP contribution is 2.31. The molecule has 4 heteroatoms. The summed E-state index contributed by atoms with van der Waals surface area (Å²) in [6.07, 6.45) is 0. The van der Waals surface area contributed by atoms with Crippen molar-refractivity contribution in [2.45, 2.75) is 0 Å². The number of carbonyl (C=O) groups excluding carboxylic acids is 1. The molecule has 1 aromatic heterocycles. The standard InChI is InChI=1S/C10H8BrNOS/c1-12-10(13)7-5-14-9-6(7)3-2-4-8(9)11/h2-5H,1H3,(H,12,13). The molecule has 0 fully saturated rings. The third kappa shape index (κ3) is 1.44. The summed E-state index contributed by atoms with van der Waals surface area (Å²) in [5, 5.41) is 5.52. The molecule has 0 spiro atoms. The van der Waals surface area contributed by atoms with E-state index in [4.69, 9.17) is 0 Å². The number of hydrogen-bond donors (Lipinski definition) is 1. The molecule has 14 heavy (non-hydrogen) atoms. The number of amides is 1. The topological polar surface area (TPSA) is 29.1 Å². The number of benzene rings is 1. The molecule has 1 N–H and O–H groups in total. The Balaban J connectivity index is 2.70. The minimum atomic E-state index is -0.0330. The Labute approximate surface area is 94.1 Å². The predicted molar refractivity (Wildman–Crippen MR) is 62.9 cm³/mol. The van der Waals surface area contributed by atoms with Crippen molar-refractivity contribution < 1.29 is 4.79 Å². The number of carbonyl (C=O) groups is 1. The first-order valence-corrected chi connectivity index (χ1v) is 5.79. The van der Waals surface area contributed by atoms with Crippen molar-refractivity contribution in [3.63, 3.8) is 0 Å². The van der Waals surface area contributed by atoms with Crippen LogP contribution in [0.2, 0.25) is 0 Å². The lowest BCUT2D eigenvalue weighted by molar-refractivity contribution is 0.0965.